The minimum Gasteiger partial charge on any atom is -0.484 e. The molecule has 1 rings (SSSR count). The van der Waals surface area contributed by atoms with Crippen LogP contribution in [0.5, 0.6) is 5.75 Å². The summed E-state index contributed by atoms with van der Waals surface area (Å²) in [6.45, 7) is 6.71. The van der Waals surface area contributed by atoms with Crippen LogP contribution in [0.2, 0.25) is 0 Å². The van der Waals surface area contributed by atoms with Gasteiger partial charge in [-0.1, -0.05) is 0 Å². The van der Waals surface area contributed by atoms with Crippen LogP contribution in [-0.2, 0) is 9.53 Å². The van der Waals surface area contributed by atoms with Gasteiger partial charge in [-0.2, -0.15) is 5.26 Å². The number of benzene rings is 1. The monoisotopic (exact) mass is 276 g/mol. The topological polar surface area (TPSA) is 71.3 Å². The number of nitrogens with one attached hydrogen (secondary N) is 1. The summed E-state index contributed by atoms with van der Waals surface area (Å²) in [5.41, 5.74) is 0.166. The van der Waals surface area contributed by atoms with Crippen molar-refractivity contribution in [3.05, 3.63) is 29.8 Å². The van der Waals surface area contributed by atoms with Crippen molar-refractivity contribution in [1.29, 1.82) is 5.26 Å². The molecule has 0 saturated carbocycles. The number of carbonyl (C=O) groups excluding carboxylic acids is 1. The lowest BCUT2D eigenvalue weighted by atomic mass is 10.1. The van der Waals surface area contributed by atoms with Crippen LogP contribution in [0.4, 0.5) is 0 Å². The normalized spacial score (nSPS) is 10.7. The highest BCUT2D eigenvalue weighted by atomic mass is 16.5. The molecule has 5 nitrogen and oxygen atoms in total. The van der Waals surface area contributed by atoms with Gasteiger partial charge in [-0.05, 0) is 45.0 Å². The van der Waals surface area contributed by atoms with E-state index in [0.29, 0.717) is 24.5 Å². The Hall–Kier alpha value is -2.06. The summed E-state index contributed by atoms with van der Waals surface area (Å²) < 4.78 is 10.8. The third-order valence-corrected chi connectivity index (χ3v) is 2.60. The van der Waals surface area contributed by atoms with Gasteiger partial charge in [-0.25, -0.2) is 0 Å². The first-order chi connectivity index (χ1) is 9.46. The molecule has 0 bridgehead atoms. The summed E-state index contributed by atoms with van der Waals surface area (Å²) in [5, 5.41) is 11.4. The first-order valence-corrected chi connectivity index (χ1v) is 6.50. The second-order valence-corrected chi connectivity index (χ2v) is 4.89. The lowest BCUT2D eigenvalue weighted by molar-refractivity contribution is -0.124. The molecule has 20 heavy (non-hydrogen) atoms. The largest absolute Gasteiger partial charge is 0.484 e. The van der Waals surface area contributed by atoms with E-state index in [4.69, 9.17) is 14.7 Å². The average molecular weight is 276 g/mol. The Morgan fingerprint density at radius 1 is 1.35 bits per heavy atom. The molecule has 0 aromatic heterocycles. The second-order valence-electron chi connectivity index (χ2n) is 4.89. The molecule has 0 unspecified atom stereocenters. The van der Waals surface area contributed by atoms with E-state index in [2.05, 4.69) is 5.32 Å². The molecule has 0 heterocycles. The molecule has 5 heteroatoms. The van der Waals surface area contributed by atoms with E-state index in [1.54, 1.807) is 24.3 Å². The Kier molecular flexibility index (Phi) is 6.01. The Morgan fingerprint density at radius 3 is 2.55 bits per heavy atom. The molecule has 0 saturated heterocycles. The fourth-order valence-corrected chi connectivity index (χ4v) is 1.58. The van der Waals surface area contributed by atoms with Crippen molar-refractivity contribution in [2.24, 2.45) is 0 Å². The summed E-state index contributed by atoms with van der Waals surface area (Å²) in [6.07, 6.45) is 0. The molecule has 1 amide bonds. The number of ether oxygens (including phenoxy) is 2. The predicted octanol–water partition coefficient (Wildman–Crippen LogP) is 1.87. The zero-order valence-corrected chi connectivity index (χ0v) is 12.1. The molecule has 0 radical (unpaired) electrons. The average Bonchev–Trinajstić information content (AvgIpc) is 2.43. The van der Waals surface area contributed by atoms with Gasteiger partial charge in [0.05, 0.1) is 17.2 Å². The van der Waals surface area contributed by atoms with E-state index in [-0.39, 0.29) is 12.5 Å². The van der Waals surface area contributed by atoms with Gasteiger partial charge in [0.15, 0.2) is 6.61 Å². The van der Waals surface area contributed by atoms with Crippen molar-refractivity contribution in [1.82, 2.24) is 5.32 Å². The first-order valence-electron chi connectivity index (χ1n) is 6.50. The van der Waals surface area contributed by atoms with Gasteiger partial charge in [-0.15, -0.1) is 0 Å². The van der Waals surface area contributed by atoms with Crippen molar-refractivity contribution < 1.29 is 14.3 Å². The number of hydrogen-bond acceptors (Lipinski definition) is 4. The van der Waals surface area contributed by atoms with Crippen LogP contribution in [0.15, 0.2) is 24.3 Å². The molecule has 108 valence electrons. The third kappa shape index (κ3) is 5.72. The number of amides is 1. The molecular formula is C15H20N2O3. The fraction of sp³-hybridized carbons (Fsp3) is 0.467. The van der Waals surface area contributed by atoms with Crippen molar-refractivity contribution in [2.45, 2.75) is 26.4 Å². The van der Waals surface area contributed by atoms with Crippen LogP contribution in [0.1, 0.15) is 26.3 Å². The second kappa shape index (κ2) is 7.51. The van der Waals surface area contributed by atoms with Crippen LogP contribution >= 0.6 is 0 Å². The molecule has 0 aliphatic heterocycles. The molecule has 1 aromatic rings. The standard InChI is InChI=1S/C15H20N2O3/c1-4-20-15(2,3)11-17-14(18)10-19-13-7-5-12(9-16)6-8-13/h5-8H,4,10-11H2,1-3H3,(H,17,18). The summed E-state index contributed by atoms with van der Waals surface area (Å²) >= 11 is 0. The van der Waals surface area contributed by atoms with E-state index >= 15 is 0 Å². The van der Waals surface area contributed by atoms with E-state index in [1.165, 1.54) is 0 Å². The first kappa shape index (κ1) is 16.0. The zero-order valence-electron chi connectivity index (χ0n) is 12.1. The molecule has 0 atom stereocenters. The van der Waals surface area contributed by atoms with Gasteiger partial charge in [0.1, 0.15) is 5.75 Å². The Labute approximate surface area is 119 Å². The summed E-state index contributed by atoms with van der Waals surface area (Å²) in [4.78, 5) is 11.6. The Balaban J connectivity index is 2.34. The fourth-order valence-electron chi connectivity index (χ4n) is 1.58. The van der Waals surface area contributed by atoms with Crippen LogP contribution in [0, 0.1) is 11.3 Å². The molecule has 0 fully saturated rings. The SMILES string of the molecule is CCOC(C)(C)CNC(=O)COc1ccc(C#N)cc1. The van der Waals surface area contributed by atoms with E-state index in [0.717, 1.165) is 0 Å². The third-order valence-electron chi connectivity index (χ3n) is 2.60. The number of rotatable bonds is 7. The number of hydrogen-bond donors (Lipinski definition) is 1. The zero-order chi connectivity index (χ0) is 15.0. The number of nitriles is 1. The van der Waals surface area contributed by atoms with Gasteiger partial charge in [-0.3, -0.25) is 4.79 Å². The Morgan fingerprint density at radius 2 is 2.00 bits per heavy atom. The molecule has 0 aliphatic carbocycles. The summed E-state index contributed by atoms with van der Waals surface area (Å²) in [7, 11) is 0. The van der Waals surface area contributed by atoms with Crippen LogP contribution in [0.3, 0.4) is 0 Å². The van der Waals surface area contributed by atoms with Crippen molar-refractivity contribution in [2.75, 3.05) is 19.8 Å². The highest BCUT2D eigenvalue weighted by Crippen LogP contribution is 2.11. The maximum absolute atomic E-state index is 11.6. The van der Waals surface area contributed by atoms with Gasteiger partial charge >= 0.3 is 0 Å². The molecule has 0 spiro atoms. The quantitative estimate of drug-likeness (QED) is 0.825. The van der Waals surface area contributed by atoms with Crippen molar-refractivity contribution >= 4 is 5.91 Å². The van der Waals surface area contributed by atoms with Crippen LogP contribution in [0.25, 0.3) is 0 Å². The van der Waals surface area contributed by atoms with Gasteiger partial charge in [0.25, 0.3) is 5.91 Å². The number of carbonyl (C=O) groups is 1. The molecule has 1 N–H and O–H groups in total. The minimum absolute atomic E-state index is 0.0614. The van der Waals surface area contributed by atoms with Crippen LogP contribution in [-0.4, -0.2) is 31.3 Å². The van der Waals surface area contributed by atoms with Crippen LogP contribution < -0.4 is 10.1 Å². The molecule has 1 aromatic carbocycles. The van der Waals surface area contributed by atoms with E-state index in [1.807, 2.05) is 26.8 Å². The predicted molar refractivity (Wildman–Crippen MR) is 75.4 cm³/mol. The maximum atomic E-state index is 11.6. The van der Waals surface area contributed by atoms with E-state index < -0.39 is 5.60 Å². The lowest BCUT2D eigenvalue weighted by Crippen LogP contribution is -2.42. The van der Waals surface area contributed by atoms with Gasteiger partial charge in [0, 0.05) is 13.2 Å². The highest BCUT2D eigenvalue weighted by molar-refractivity contribution is 5.77. The minimum atomic E-state index is -0.390. The van der Waals surface area contributed by atoms with Gasteiger partial charge in [0.2, 0.25) is 0 Å². The maximum Gasteiger partial charge on any atom is 0.258 e. The van der Waals surface area contributed by atoms with Crippen molar-refractivity contribution in [3.8, 4) is 11.8 Å². The summed E-state index contributed by atoms with van der Waals surface area (Å²) in [5.74, 6) is 0.352. The smallest absolute Gasteiger partial charge is 0.258 e. The highest BCUT2D eigenvalue weighted by Gasteiger charge is 2.18. The lowest BCUT2D eigenvalue weighted by Gasteiger charge is -2.24. The molecule has 0 aliphatic rings. The molecular weight excluding hydrogens is 256 g/mol. The van der Waals surface area contributed by atoms with Gasteiger partial charge < -0.3 is 14.8 Å². The van der Waals surface area contributed by atoms with Crippen molar-refractivity contribution in [3.63, 3.8) is 0 Å². The van der Waals surface area contributed by atoms with E-state index in [9.17, 15) is 4.79 Å². The summed E-state index contributed by atoms with van der Waals surface area (Å²) in [6, 6.07) is 8.63. The number of nitrogens with zero attached hydrogens (tertiary/aromatic N) is 1. The Bertz CT molecular complexity index is 475.